The van der Waals surface area contributed by atoms with Crippen molar-refractivity contribution in [3.63, 3.8) is 0 Å². The third kappa shape index (κ3) is 5.68. The Hall–Kier alpha value is -1.06. The average Bonchev–Trinajstić information content (AvgIpc) is 2.47. The van der Waals surface area contributed by atoms with E-state index in [0.29, 0.717) is 18.9 Å². The van der Waals surface area contributed by atoms with Crippen molar-refractivity contribution < 1.29 is 4.79 Å². The molecule has 0 saturated carbocycles. The maximum Gasteiger partial charge on any atom is 0.220 e. The molecule has 2 rings (SSSR count). The molecule has 0 bridgehead atoms. The number of carbonyl (C=O) groups excluding carboxylic acids is 1. The molecule has 0 atom stereocenters. The Morgan fingerprint density at radius 1 is 1.24 bits per heavy atom. The highest BCUT2D eigenvalue weighted by Crippen LogP contribution is 2.22. The number of rotatable bonds is 5. The van der Waals surface area contributed by atoms with Crippen LogP contribution >= 0.6 is 12.4 Å². The summed E-state index contributed by atoms with van der Waals surface area (Å²) in [7, 11) is 0. The normalized spacial score (nSPS) is 16.1. The predicted molar refractivity (Wildman–Crippen MR) is 89.9 cm³/mol. The number of halogens is 1. The second-order valence-electron chi connectivity index (χ2n) is 6.42. The van der Waals surface area contributed by atoms with Crippen LogP contribution in [0, 0.1) is 5.92 Å². The minimum absolute atomic E-state index is 0. The van der Waals surface area contributed by atoms with Gasteiger partial charge in [0, 0.05) is 18.4 Å². The standard InChI is InChI=1S/C17H26N2O.ClH/c1-17(2,15-6-4-3-5-7-15)13-19-16(20)12-14-8-10-18-11-9-14;/h3-7,14,18H,8-13H2,1-2H3,(H,19,20);1H. The van der Waals surface area contributed by atoms with Gasteiger partial charge >= 0.3 is 0 Å². The fraction of sp³-hybridized carbons (Fsp3) is 0.588. The molecule has 2 N–H and O–H groups in total. The van der Waals surface area contributed by atoms with E-state index in [4.69, 9.17) is 0 Å². The summed E-state index contributed by atoms with van der Waals surface area (Å²) in [6.45, 7) is 7.14. The van der Waals surface area contributed by atoms with Crippen molar-refractivity contribution in [1.29, 1.82) is 0 Å². The second-order valence-corrected chi connectivity index (χ2v) is 6.42. The first-order valence-electron chi connectivity index (χ1n) is 7.61. The van der Waals surface area contributed by atoms with Crippen LogP contribution in [0.4, 0.5) is 0 Å². The third-order valence-corrected chi connectivity index (χ3v) is 4.22. The van der Waals surface area contributed by atoms with Gasteiger partial charge in [0.15, 0.2) is 0 Å². The minimum atomic E-state index is -0.0228. The summed E-state index contributed by atoms with van der Waals surface area (Å²) in [5.74, 6) is 0.747. The van der Waals surface area contributed by atoms with Gasteiger partial charge in [-0.05, 0) is 37.4 Å². The Kier molecular flexibility index (Phi) is 7.20. The zero-order valence-corrected chi connectivity index (χ0v) is 13.8. The van der Waals surface area contributed by atoms with Gasteiger partial charge in [-0.1, -0.05) is 44.2 Å². The van der Waals surface area contributed by atoms with E-state index in [1.807, 2.05) is 18.2 Å². The lowest BCUT2D eigenvalue weighted by atomic mass is 9.84. The number of piperidine rings is 1. The van der Waals surface area contributed by atoms with E-state index in [1.54, 1.807) is 0 Å². The van der Waals surface area contributed by atoms with Crippen LogP contribution in [0.2, 0.25) is 0 Å². The highest BCUT2D eigenvalue weighted by atomic mass is 35.5. The van der Waals surface area contributed by atoms with Crippen LogP contribution in [0.25, 0.3) is 0 Å². The summed E-state index contributed by atoms with van der Waals surface area (Å²) >= 11 is 0. The summed E-state index contributed by atoms with van der Waals surface area (Å²) in [5, 5.41) is 6.44. The molecule has 118 valence electrons. The molecule has 1 fully saturated rings. The first-order valence-corrected chi connectivity index (χ1v) is 7.61. The average molecular weight is 311 g/mol. The third-order valence-electron chi connectivity index (χ3n) is 4.22. The number of nitrogens with one attached hydrogen (secondary N) is 2. The van der Waals surface area contributed by atoms with Gasteiger partial charge < -0.3 is 10.6 Å². The molecular weight excluding hydrogens is 284 g/mol. The van der Waals surface area contributed by atoms with E-state index in [2.05, 4.69) is 36.6 Å². The highest BCUT2D eigenvalue weighted by Gasteiger charge is 2.22. The van der Waals surface area contributed by atoms with Crippen LogP contribution in [0.1, 0.15) is 38.7 Å². The highest BCUT2D eigenvalue weighted by molar-refractivity contribution is 5.85. The molecule has 0 aliphatic carbocycles. The Bertz CT molecular complexity index is 428. The second kappa shape index (κ2) is 8.40. The van der Waals surface area contributed by atoms with Crippen LogP contribution < -0.4 is 10.6 Å². The molecule has 3 nitrogen and oxygen atoms in total. The first-order chi connectivity index (χ1) is 9.58. The van der Waals surface area contributed by atoms with E-state index >= 15 is 0 Å². The van der Waals surface area contributed by atoms with Gasteiger partial charge in [-0.25, -0.2) is 0 Å². The van der Waals surface area contributed by atoms with Crippen LogP contribution in [0.15, 0.2) is 30.3 Å². The van der Waals surface area contributed by atoms with Crippen LogP contribution in [-0.2, 0) is 10.2 Å². The van der Waals surface area contributed by atoms with Gasteiger partial charge in [0.2, 0.25) is 5.91 Å². The van der Waals surface area contributed by atoms with Crippen molar-refractivity contribution in [3.05, 3.63) is 35.9 Å². The summed E-state index contributed by atoms with van der Waals surface area (Å²) in [6, 6.07) is 10.4. The zero-order chi connectivity index (χ0) is 14.4. The quantitative estimate of drug-likeness (QED) is 0.878. The smallest absolute Gasteiger partial charge is 0.220 e. The van der Waals surface area contributed by atoms with Crippen LogP contribution in [0.5, 0.6) is 0 Å². The number of benzene rings is 1. The van der Waals surface area contributed by atoms with Gasteiger partial charge in [0.25, 0.3) is 0 Å². The van der Waals surface area contributed by atoms with E-state index in [1.165, 1.54) is 5.56 Å². The summed E-state index contributed by atoms with van der Waals surface area (Å²) in [5.41, 5.74) is 1.24. The number of hydrogen-bond donors (Lipinski definition) is 2. The molecule has 1 amide bonds. The Morgan fingerprint density at radius 2 is 1.86 bits per heavy atom. The molecule has 4 heteroatoms. The molecule has 0 radical (unpaired) electrons. The molecule has 1 aliphatic heterocycles. The van der Waals surface area contributed by atoms with E-state index in [0.717, 1.165) is 25.9 Å². The fourth-order valence-corrected chi connectivity index (χ4v) is 2.73. The maximum absolute atomic E-state index is 12.1. The topological polar surface area (TPSA) is 41.1 Å². The number of hydrogen-bond acceptors (Lipinski definition) is 2. The van der Waals surface area contributed by atoms with Crippen molar-refractivity contribution in [1.82, 2.24) is 10.6 Å². The monoisotopic (exact) mass is 310 g/mol. The predicted octanol–water partition coefficient (Wildman–Crippen LogP) is 2.89. The van der Waals surface area contributed by atoms with Gasteiger partial charge in [-0.15, -0.1) is 12.4 Å². The molecule has 0 aromatic heterocycles. The number of amides is 1. The van der Waals surface area contributed by atoms with Crippen molar-refractivity contribution in [2.24, 2.45) is 5.92 Å². The van der Waals surface area contributed by atoms with E-state index in [9.17, 15) is 4.79 Å². The molecule has 1 aromatic rings. The Morgan fingerprint density at radius 3 is 2.48 bits per heavy atom. The van der Waals surface area contributed by atoms with E-state index in [-0.39, 0.29) is 23.7 Å². The molecule has 0 spiro atoms. The molecular formula is C17H27ClN2O. The molecule has 1 saturated heterocycles. The van der Waals surface area contributed by atoms with E-state index < -0.39 is 0 Å². The lowest BCUT2D eigenvalue weighted by Crippen LogP contribution is -2.38. The van der Waals surface area contributed by atoms with Crippen molar-refractivity contribution in [3.8, 4) is 0 Å². The summed E-state index contributed by atoms with van der Waals surface area (Å²) in [4.78, 5) is 12.1. The van der Waals surface area contributed by atoms with Gasteiger partial charge in [0.1, 0.15) is 0 Å². The van der Waals surface area contributed by atoms with Crippen molar-refractivity contribution >= 4 is 18.3 Å². The fourth-order valence-electron chi connectivity index (χ4n) is 2.73. The van der Waals surface area contributed by atoms with Crippen molar-refractivity contribution in [2.75, 3.05) is 19.6 Å². The summed E-state index contributed by atoms with van der Waals surface area (Å²) in [6.07, 6.45) is 2.91. The van der Waals surface area contributed by atoms with Crippen LogP contribution in [-0.4, -0.2) is 25.5 Å². The lowest BCUT2D eigenvalue weighted by Gasteiger charge is -2.27. The van der Waals surface area contributed by atoms with Crippen LogP contribution in [0.3, 0.4) is 0 Å². The van der Waals surface area contributed by atoms with Gasteiger partial charge in [-0.2, -0.15) is 0 Å². The molecule has 0 unspecified atom stereocenters. The lowest BCUT2D eigenvalue weighted by molar-refractivity contribution is -0.122. The van der Waals surface area contributed by atoms with Gasteiger partial charge in [0.05, 0.1) is 0 Å². The largest absolute Gasteiger partial charge is 0.355 e. The maximum atomic E-state index is 12.1. The zero-order valence-electron chi connectivity index (χ0n) is 13.0. The Labute approximate surface area is 134 Å². The number of carbonyl (C=O) groups is 1. The molecule has 1 heterocycles. The molecule has 1 aliphatic rings. The van der Waals surface area contributed by atoms with Crippen molar-refractivity contribution in [2.45, 2.75) is 38.5 Å². The van der Waals surface area contributed by atoms with Gasteiger partial charge in [-0.3, -0.25) is 4.79 Å². The SMILES string of the molecule is CC(C)(CNC(=O)CC1CCNCC1)c1ccccc1.Cl. The Balaban J connectivity index is 0.00000220. The molecule has 21 heavy (non-hydrogen) atoms. The first kappa shape index (κ1) is 18.0. The molecule has 1 aromatic carbocycles. The minimum Gasteiger partial charge on any atom is -0.355 e. The summed E-state index contributed by atoms with van der Waals surface area (Å²) < 4.78 is 0.